The molecule has 0 saturated carbocycles. The number of rotatable bonds is 5. The van der Waals surface area contributed by atoms with E-state index in [0.29, 0.717) is 31.4 Å². The maximum absolute atomic E-state index is 12.3. The van der Waals surface area contributed by atoms with Gasteiger partial charge in [-0.1, -0.05) is 12.1 Å². The maximum atomic E-state index is 12.3. The van der Waals surface area contributed by atoms with Crippen molar-refractivity contribution in [2.24, 2.45) is 0 Å². The van der Waals surface area contributed by atoms with E-state index in [1.165, 1.54) is 6.07 Å². The number of nitrogens with zero attached hydrogens (tertiary/aromatic N) is 2. The number of aryl methyl sites for hydroxylation is 1. The molecule has 1 aliphatic rings. The number of nitro groups is 1. The quantitative estimate of drug-likeness (QED) is 0.659. The lowest BCUT2D eigenvalue weighted by Gasteiger charge is -2.37. The summed E-state index contributed by atoms with van der Waals surface area (Å²) in [4.78, 5) is 25.3. The van der Waals surface area contributed by atoms with Gasteiger partial charge >= 0.3 is 0 Å². The lowest BCUT2D eigenvalue weighted by atomic mass is 10.1. The van der Waals surface area contributed by atoms with Gasteiger partial charge in [-0.15, -0.1) is 0 Å². The smallest absolute Gasteiger partial charge is 0.285 e. The highest BCUT2D eigenvalue weighted by Gasteiger charge is 2.26. The molecule has 1 saturated heterocycles. The summed E-state index contributed by atoms with van der Waals surface area (Å²) >= 11 is 0. The third-order valence-corrected chi connectivity index (χ3v) is 4.21. The maximum Gasteiger partial charge on any atom is 0.285 e. The first-order chi connectivity index (χ1) is 10.9. The van der Waals surface area contributed by atoms with Crippen LogP contribution in [0.25, 0.3) is 0 Å². The van der Waals surface area contributed by atoms with E-state index in [-0.39, 0.29) is 17.3 Å². The van der Waals surface area contributed by atoms with E-state index < -0.39 is 10.8 Å². The summed E-state index contributed by atoms with van der Waals surface area (Å²) in [6.45, 7) is 8.38. The Labute approximate surface area is 135 Å². The van der Waals surface area contributed by atoms with Gasteiger partial charge < -0.3 is 10.1 Å². The molecule has 0 bridgehead atoms. The van der Waals surface area contributed by atoms with Crippen molar-refractivity contribution in [2.75, 3.05) is 26.3 Å². The average Bonchev–Trinajstić information content (AvgIpc) is 2.52. The van der Waals surface area contributed by atoms with E-state index in [9.17, 15) is 14.9 Å². The van der Waals surface area contributed by atoms with Crippen molar-refractivity contribution < 1.29 is 14.5 Å². The summed E-state index contributed by atoms with van der Waals surface area (Å²) in [5.74, 6) is -0.409. The second-order valence-electron chi connectivity index (χ2n) is 5.95. The van der Waals surface area contributed by atoms with Crippen molar-refractivity contribution in [3.8, 4) is 0 Å². The van der Waals surface area contributed by atoms with Gasteiger partial charge in [0, 0.05) is 30.7 Å². The van der Waals surface area contributed by atoms with Gasteiger partial charge in [0.2, 0.25) is 0 Å². The fourth-order valence-electron chi connectivity index (χ4n) is 2.93. The number of benzene rings is 1. The van der Waals surface area contributed by atoms with Crippen LogP contribution in [0.4, 0.5) is 5.69 Å². The van der Waals surface area contributed by atoms with Gasteiger partial charge in [-0.3, -0.25) is 19.8 Å². The number of carbonyl (C=O) groups excluding carboxylic acids is 1. The number of hydrogen-bond donors (Lipinski definition) is 1. The zero-order valence-electron chi connectivity index (χ0n) is 13.7. The number of ether oxygens (including phenoxy) is 1. The van der Waals surface area contributed by atoms with Gasteiger partial charge in [-0.25, -0.2) is 0 Å². The van der Waals surface area contributed by atoms with Crippen LogP contribution < -0.4 is 5.32 Å². The molecule has 1 aromatic rings. The van der Waals surface area contributed by atoms with Crippen molar-refractivity contribution >= 4 is 11.6 Å². The highest BCUT2D eigenvalue weighted by atomic mass is 16.6. The number of morpholine rings is 1. The van der Waals surface area contributed by atoms with Crippen molar-refractivity contribution in [1.82, 2.24) is 10.2 Å². The number of hydrogen-bond acceptors (Lipinski definition) is 5. The minimum Gasteiger partial charge on any atom is -0.379 e. The van der Waals surface area contributed by atoms with Crippen molar-refractivity contribution in [3.05, 3.63) is 39.4 Å². The molecule has 1 aromatic carbocycles. The first kappa shape index (κ1) is 17.4. The molecule has 126 valence electrons. The molecule has 1 fully saturated rings. The molecule has 7 nitrogen and oxygen atoms in total. The summed E-state index contributed by atoms with van der Waals surface area (Å²) in [7, 11) is 0. The molecule has 23 heavy (non-hydrogen) atoms. The topological polar surface area (TPSA) is 84.7 Å². The van der Waals surface area contributed by atoms with Gasteiger partial charge in [-0.2, -0.15) is 0 Å². The zero-order valence-corrected chi connectivity index (χ0v) is 13.7. The largest absolute Gasteiger partial charge is 0.379 e. The van der Waals surface area contributed by atoms with Crippen LogP contribution in [0.1, 0.15) is 29.8 Å². The Bertz CT molecular complexity index is 591. The van der Waals surface area contributed by atoms with Gasteiger partial charge in [-0.05, 0) is 26.8 Å². The van der Waals surface area contributed by atoms with Crippen LogP contribution >= 0.6 is 0 Å². The summed E-state index contributed by atoms with van der Waals surface area (Å²) < 4.78 is 5.41. The molecule has 2 unspecified atom stereocenters. The molecule has 1 amide bonds. The fraction of sp³-hybridized carbons (Fsp3) is 0.562. The Morgan fingerprint density at radius 2 is 2.30 bits per heavy atom. The summed E-state index contributed by atoms with van der Waals surface area (Å²) in [5, 5.41) is 14.0. The molecular weight excluding hydrogens is 298 g/mol. The number of para-hydroxylation sites is 1. The molecule has 1 aliphatic heterocycles. The Kier molecular flexibility index (Phi) is 5.68. The van der Waals surface area contributed by atoms with Gasteiger partial charge in [0.25, 0.3) is 11.6 Å². The zero-order chi connectivity index (χ0) is 17.0. The van der Waals surface area contributed by atoms with Crippen LogP contribution in [0.3, 0.4) is 0 Å². The predicted octanol–water partition coefficient (Wildman–Crippen LogP) is 1.74. The standard InChI is InChI=1S/C16H23N3O4/c1-11-5-4-6-14(15(11)19(21)22)16(20)17-9-12(2)18-7-8-23-10-13(18)3/h4-6,12-13H,7-10H2,1-3H3,(H,17,20). The molecule has 7 heteroatoms. The lowest BCUT2D eigenvalue weighted by molar-refractivity contribution is -0.385. The van der Waals surface area contributed by atoms with Gasteiger partial charge in [0.05, 0.1) is 18.1 Å². The Morgan fingerprint density at radius 1 is 1.57 bits per heavy atom. The van der Waals surface area contributed by atoms with Crippen molar-refractivity contribution in [2.45, 2.75) is 32.9 Å². The van der Waals surface area contributed by atoms with Crippen LogP contribution in [-0.4, -0.2) is 54.1 Å². The van der Waals surface area contributed by atoms with Crippen LogP contribution in [0.2, 0.25) is 0 Å². The predicted molar refractivity (Wildman–Crippen MR) is 86.6 cm³/mol. The monoisotopic (exact) mass is 321 g/mol. The van der Waals surface area contributed by atoms with E-state index in [1.54, 1.807) is 19.1 Å². The van der Waals surface area contributed by atoms with E-state index in [0.717, 1.165) is 6.54 Å². The first-order valence-electron chi connectivity index (χ1n) is 7.77. The van der Waals surface area contributed by atoms with E-state index in [4.69, 9.17) is 4.74 Å². The van der Waals surface area contributed by atoms with Crippen LogP contribution in [-0.2, 0) is 4.74 Å². The van der Waals surface area contributed by atoms with E-state index >= 15 is 0 Å². The highest BCUT2D eigenvalue weighted by Crippen LogP contribution is 2.22. The Balaban J connectivity index is 2.02. The fourth-order valence-corrected chi connectivity index (χ4v) is 2.93. The third-order valence-electron chi connectivity index (χ3n) is 4.21. The Hall–Kier alpha value is -1.99. The molecule has 0 spiro atoms. The molecular formula is C16H23N3O4. The normalized spacial score (nSPS) is 20.0. The minimum absolute atomic E-state index is 0.109. The second-order valence-corrected chi connectivity index (χ2v) is 5.95. The minimum atomic E-state index is -0.502. The molecule has 2 atom stereocenters. The van der Waals surface area contributed by atoms with Crippen LogP contribution in [0, 0.1) is 17.0 Å². The highest BCUT2D eigenvalue weighted by molar-refractivity contribution is 5.98. The number of amides is 1. The molecule has 2 rings (SSSR count). The Morgan fingerprint density at radius 3 is 2.96 bits per heavy atom. The summed E-state index contributed by atoms with van der Waals surface area (Å²) in [6.07, 6.45) is 0. The molecule has 0 radical (unpaired) electrons. The summed E-state index contributed by atoms with van der Waals surface area (Å²) in [5.41, 5.74) is 0.465. The van der Waals surface area contributed by atoms with E-state index in [2.05, 4.69) is 17.1 Å². The number of nitrogens with one attached hydrogen (secondary N) is 1. The molecule has 0 aliphatic carbocycles. The summed E-state index contributed by atoms with van der Waals surface area (Å²) in [6, 6.07) is 5.21. The molecule has 0 aromatic heterocycles. The first-order valence-corrected chi connectivity index (χ1v) is 7.77. The lowest BCUT2D eigenvalue weighted by Crippen LogP contribution is -2.51. The second kappa shape index (κ2) is 7.52. The number of nitro benzene ring substituents is 1. The van der Waals surface area contributed by atoms with Crippen LogP contribution in [0.15, 0.2) is 18.2 Å². The van der Waals surface area contributed by atoms with Gasteiger partial charge in [0.15, 0.2) is 0 Å². The van der Waals surface area contributed by atoms with Crippen LogP contribution in [0.5, 0.6) is 0 Å². The van der Waals surface area contributed by atoms with E-state index in [1.807, 2.05) is 6.92 Å². The van der Waals surface area contributed by atoms with Crippen molar-refractivity contribution in [3.63, 3.8) is 0 Å². The van der Waals surface area contributed by atoms with Gasteiger partial charge in [0.1, 0.15) is 5.56 Å². The number of carbonyl (C=O) groups is 1. The average molecular weight is 321 g/mol. The molecule has 1 N–H and O–H groups in total. The third kappa shape index (κ3) is 4.05. The molecule has 1 heterocycles. The van der Waals surface area contributed by atoms with Crippen molar-refractivity contribution in [1.29, 1.82) is 0 Å². The SMILES string of the molecule is Cc1cccc(C(=O)NCC(C)N2CCOCC2C)c1[N+](=O)[O-].